The molecule has 0 saturated heterocycles. The monoisotopic (exact) mass is 311 g/mol. The van der Waals surface area contributed by atoms with E-state index in [4.69, 9.17) is 4.74 Å². The Bertz CT molecular complexity index is 699. The largest absolute Gasteiger partial charge is 0.489 e. The normalized spacial score (nSPS) is 10.3. The van der Waals surface area contributed by atoms with Gasteiger partial charge in [0.15, 0.2) is 0 Å². The third-order valence-electron chi connectivity index (χ3n) is 2.92. The summed E-state index contributed by atoms with van der Waals surface area (Å²) in [7, 11) is 1.37. The molecule has 0 aromatic heterocycles. The van der Waals surface area contributed by atoms with Crippen LogP contribution in [0.2, 0.25) is 0 Å². The highest BCUT2D eigenvalue weighted by Gasteiger charge is 2.08. The number of carbonyl (C=O) groups is 2. The average molecular weight is 311 g/mol. The molecule has 0 bridgehead atoms. The highest BCUT2D eigenvalue weighted by atomic mass is 16.5. The van der Waals surface area contributed by atoms with Crippen molar-refractivity contribution in [1.29, 1.82) is 0 Å². The molecule has 0 heterocycles. The van der Waals surface area contributed by atoms with Crippen molar-refractivity contribution < 1.29 is 14.3 Å². The van der Waals surface area contributed by atoms with Crippen molar-refractivity contribution in [2.75, 3.05) is 7.05 Å². The van der Waals surface area contributed by atoms with Gasteiger partial charge in [0.05, 0.1) is 6.21 Å². The van der Waals surface area contributed by atoms with Crippen LogP contribution in [-0.2, 0) is 16.2 Å². The van der Waals surface area contributed by atoms with E-state index < -0.39 is 11.8 Å². The minimum atomic E-state index is -0.819. The number of amides is 2. The Hall–Kier alpha value is -3.15. The number of hydrazone groups is 1. The molecule has 0 spiro atoms. The molecule has 118 valence electrons. The van der Waals surface area contributed by atoms with Gasteiger partial charge >= 0.3 is 11.8 Å². The van der Waals surface area contributed by atoms with Crippen molar-refractivity contribution in [3.63, 3.8) is 0 Å². The van der Waals surface area contributed by atoms with E-state index in [1.165, 1.54) is 13.3 Å². The Morgan fingerprint density at radius 3 is 2.61 bits per heavy atom. The fourth-order valence-corrected chi connectivity index (χ4v) is 1.76. The van der Waals surface area contributed by atoms with Crippen molar-refractivity contribution in [3.8, 4) is 5.75 Å². The average Bonchev–Trinajstić information content (AvgIpc) is 2.60. The summed E-state index contributed by atoms with van der Waals surface area (Å²) >= 11 is 0. The minimum Gasteiger partial charge on any atom is -0.489 e. The van der Waals surface area contributed by atoms with Crippen LogP contribution in [-0.4, -0.2) is 25.1 Å². The van der Waals surface area contributed by atoms with E-state index >= 15 is 0 Å². The molecule has 2 aromatic carbocycles. The highest BCUT2D eigenvalue weighted by molar-refractivity contribution is 6.34. The quantitative estimate of drug-likeness (QED) is 0.498. The van der Waals surface area contributed by atoms with E-state index in [0.717, 1.165) is 11.1 Å². The van der Waals surface area contributed by atoms with Crippen molar-refractivity contribution in [2.24, 2.45) is 5.10 Å². The summed E-state index contributed by atoms with van der Waals surface area (Å²) in [5.41, 5.74) is 3.95. The van der Waals surface area contributed by atoms with E-state index in [0.29, 0.717) is 12.4 Å². The first-order valence-electron chi connectivity index (χ1n) is 7.01. The SMILES string of the molecule is CNC(=O)C(=O)N/N=C\c1cccc(OCc2ccccc2)c1. The smallest absolute Gasteiger partial charge is 0.329 e. The molecular weight excluding hydrogens is 294 g/mol. The maximum Gasteiger partial charge on any atom is 0.329 e. The molecule has 0 radical (unpaired) electrons. The van der Waals surface area contributed by atoms with E-state index in [2.05, 4.69) is 15.8 Å². The lowest BCUT2D eigenvalue weighted by Gasteiger charge is -2.06. The first-order chi connectivity index (χ1) is 11.2. The van der Waals surface area contributed by atoms with Crippen LogP contribution in [0.3, 0.4) is 0 Å². The Balaban J connectivity index is 1.91. The van der Waals surface area contributed by atoms with Gasteiger partial charge in [-0.3, -0.25) is 9.59 Å². The number of nitrogens with zero attached hydrogens (tertiary/aromatic N) is 1. The zero-order valence-electron chi connectivity index (χ0n) is 12.7. The van der Waals surface area contributed by atoms with Crippen LogP contribution >= 0.6 is 0 Å². The first kappa shape index (κ1) is 16.2. The number of rotatable bonds is 5. The molecule has 0 aliphatic rings. The van der Waals surface area contributed by atoms with Crippen molar-refractivity contribution in [2.45, 2.75) is 6.61 Å². The molecule has 2 aromatic rings. The van der Waals surface area contributed by atoms with Gasteiger partial charge in [-0.1, -0.05) is 42.5 Å². The van der Waals surface area contributed by atoms with Gasteiger partial charge in [-0.2, -0.15) is 5.10 Å². The molecule has 2 rings (SSSR count). The van der Waals surface area contributed by atoms with Crippen LogP contribution in [0.15, 0.2) is 59.7 Å². The predicted molar refractivity (Wildman–Crippen MR) is 87.0 cm³/mol. The van der Waals surface area contributed by atoms with Gasteiger partial charge in [0.1, 0.15) is 12.4 Å². The number of hydrogen-bond donors (Lipinski definition) is 2. The molecule has 0 atom stereocenters. The van der Waals surface area contributed by atoms with E-state index in [9.17, 15) is 9.59 Å². The summed E-state index contributed by atoms with van der Waals surface area (Å²) < 4.78 is 5.70. The Morgan fingerprint density at radius 1 is 1.09 bits per heavy atom. The lowest BCUT2D eigenvalue weighted by atomic mass is 10.2. The summed E-state index contributed by atoms with van der Waals surface area (Å²) in [6.07, 6.45) is 1.44. The van der Waals surface area contributed by atoms with Crippen LogP contribution in [0, 0.1) is 0 Å². The lowest BCUT2D eigenvalue weighted by molar-refractivity contribution is -0.138. The van der Waals surface area contributed by atoms with Crippen molar-refractivity contribution in [1.82, 2.24) is 10.7 Å². The molecular formula is C17H17N3O3. The second kappa shape index (κ2) is 8.33. The number of likely N-dealkylation sites (N-methyl/N-ethyl adjacent to an activating group) is 1. The van der Waals surface area contributed by atoms with Crippen LogP contribution < -0.4 is 15.5 Å². The van der Waals surface area contributed by atoms with Crippen LogP contribution in [0.1, 0.15) is 11.1 Å². The Morgan fingerprint density at radius 2 is 1.87 bits per heavy atom. The summed E-state index contributed by atoms with van der Waals surface area (Å²) in [4.78, 5) is 22.2. The van der Waals surface area contributed by atoms with E-state index in [1.807, 2.05) is 48.5 Å². The molecule has 0 saturated carbocycles. The molecule has 6 nitrogen and oxygen atoms in total. The maximum atomic E-state index is 11.2. The minimum absolute atomic E-state index is 0.467. The third-order valence-corrected chi connectivity index (χ3v) is 2.92. The van der Waals surface area contributed by atoms with Crippen LogP contribution in [0.25, 0.3) is 0 Å². The third kappa shape index (κ3) is 5.28. The molecule has 23 heavy (non-hydrogen) atoms. The van der Waals surface area contributed by atoms with Gasteiger partial charge in [-0.15, -0.1) is 0 Å². The number of ether oxygens (including phenoxy) is 1. The molecule has 2 N–H and O–H groups in total. The van der Waals surface area contributed by atoms with Crippen molar-refractivity contribution >= 4 is 18.0 Å². The summed E-state index contributed by atoms with van der Waals surface area (Å²) in [5.74, 6) is -0.877. The molecule has 0 fully saturated rings. The van der Waals surface area contributed by atoms with Gasteiger partial charge in [0, 0.05) is 7.05 Å². The van der Waals surface area contributed by atoms with Crippen LogP contribution in [0.5, 0.6) is 5.75 Å². The predicted octanol–water partition coefficient (Wildman–Crippen LogP) is 1.46. The van der Waals surface area contributed by atoms with Gasteiger partial charge < -0.3 is 10.1 Å². The van der Waals surface area contributed by atoms with Crippen LogP contribution in [0.4, 0.5) is 0 Å². The summed E-state index contributed by atoms with van der Waals surface area (Å²) in [6, 6.07) is 17.1. The van der Waals surface area contributed by atoms with Gasteiger partial charge in [0.25, 0.3) is 0 Å². The maximum absolute atomic E-state index is 11.2. The second-order valence-corrected chi connectivity index (χ2v) is 4.63. The summed E-state index contributed by atoms with van der Waals surface area (Å²) in [5, 5.41) is 5.94. The Kier molecular flexibility index (Phi) is 5.88. The fraction of sp³-hybridized carbons (Fsp3) is 0.118. The molecule has 0 aliphatic heterocycles. The van der Waals surface area contributed by atoms with Gasteiger partial charge in [-0.25, -0.2) is 5.43 Å². The van der Waals surface area contributed by atoms with Crippen molar-refractivity contribution in [3.05, 3.63) is 65.7 Å². The Labute approximate surface area is 134 Å². The summed E-state index contributed by atoms with van der Waals surface area (Å²) in [6.45, 7) is 0.467. The van der Waals surface area contributed by atoms with Gasteiger partial charge in [-0.05, 0) is 23.3 Å². The number of hydrogen-bond acceptors (Lipinski definition) is 4. The fourth-order valence-electron chi connectivity index (χ4n) is 1.76. The molecule has 0 aliphatic carbocycles. The highest BCUT2D eigenvalue weighted by Crippen LogP contribution is 2.14. The molecule has 6 heteroatoms. The zero-order chi connectivity index (χ0) is 16.5. The number of benzene rings is 2. The molecule has 0 unspecified atom stereocenters. The lowest BCUT2D eigenvalue weighted by Crippen LogP contribution is -2.35. The van der Waals surface area contributed by atoms with E-state index in [-0.39, 0.29) is 0 Å². The topological polar surface area (TPSA) is 79.8 Å². The zero-order valence-corrected chi connectivity index (χ0v) is 12.7. The second-order valence-electron chi connectivity index (χ2n) is 4.63. The van der Waals surface area contributed by atoms with E-state index in [1.54, 1.807) is 6.07 Å². The van der Waals surface area contributed by atoms with Gasteiger partial charge in [0.2, 0.25) is 0 Å². The molecule has 2 amide bonds. The number of carbonyl (C=O) groups excluding carboxylic acids is 2. The standard InChI is InChI=1S/C17H17N3O3/c1-18-16(21)17(22)20-19-11-14-8-5-9-15(10-14)23-12-13-6-3-2-4-7-13/h2-11H,12H2,1H3,(H,18,21)(H,20,22)/b19-11-. The first-order valence-corrected chi connectivity index (χ1v) is 7.01. The number of nitrogens with one attached hydrogen (secondary N) is 2.